The molecule has 31 heavy (non-hydrogen) atoms. The van der Waals surface area contributed by atoms with Gasteiger partial charge in [-0.15, -0.1) is 0 Å². The monoisotopic (exact) mass is 432 g/mol. The number of aromatic hydroxyl groups is 2. The van der Waals surface area contributed by atoms with E-state index < -0.39 is 0 Å². The van der Waals surface area contributed by atoms with Crippen LogP contribution >= 0.6 is 0 Å². The van der Waals surface area contributed by atoms with Crippen LogP contribution in [-0.4, -0.2) is 10.2 Å². The maximum Gasteiger partial charge on any atom is 0.119 e. The second kappa shape index (κ2) is 9.63. The van der Waals surface area contributed by atoms with Gasteiger partial charge in [-0.25, -0.2) is 0 Å². The second-order valence-corrected chi connectivity index (χ2v) is 12.5. The van der Waals surface area contributed by atoms with Crippen LogP contribution in [0, 0.1) is 0 Å². The molecule has 0 fully saturated rings. The maximum atomic E-state index is 9.84. The van der Waals surface area contributed by atoms with Gasteiger partial charge in [0.05, 0.1) is 0 Å². The molecule has 0 radical (unpaired) electrons. The number of rotatable bonds is 0. The smallest absolute Gasteiger partial charge is 0.119 e. The molecule has 0 aliphatic heterocycles. The Morgan fingerprint density at radius 2 is 0.710 bits per heavy atom. The van der Waals surface area contributed by atoms with Gasteiger partial charge in [0.1, 0.15) is 11.5 Å². The van der Waals surface area contributed by atoms with Gasteiger partial charge in [-0.3, -0.25) is 4.70 Å². The zero-order valence-corrected chi connectivity index (χ0v) is 21.8. The summed E-state index contributed by atoms with van der Waals surface area (Å²) in [5, 5.41) is 19.7. The first-order chi connectivity index (χ1) is 13.2. The fourth-order valence-corrected chi connectivity index (χ4v) is 3.21. The largest absolute Gasteiger partial charge is 0.508 e. The van der Waals surface area contributed by atoms with Crippen LogP contribution < -0.4 is 0 Å². The minimum absolute atomic E-state index is 0. The Labute approximate surface area is 190 Å². The molecular weight excluding hydrogens is 387 g/mol. The average molecular weight is 433 g/mol. The molecule has 2 aromatic carbocycles. The number of benzene rings is 2. The summed E-state index contributed by atoms with van der Waals surface area (Å²) in [6.45, 7) is 25.8. The molecule has 0 aliphatic carbocycles. The van der Waals surface area contributed by atoms with E-state index in [0.29, 0.717) is 11.5 Å². The summed E-state index contributed by atoms with van der Waals surface area (Å²) in [5.74, 6) is 0.797. The van der Waals surface area contributed by atoms with Crippen molar-refractivity contribution in [2.45, 2.75) is 105 Å². The van der Waals surface area contributed by atoms with Gasteiger partial charge < -0.3 is 10.2 Å². The fraction of sp³-hybridized carbons (Fsp3) is 0.571. The summed E-state index contributed by atoms with van der Waals surface area (Å²) in [5.41, 5.74) is 4.83. The first-order valence-electron chi connectivity index (χ1n) is 10.9. The van der Waals surface area contributed by atoms with E-state index in [-0.39, 0.29) is 26.4 Å². The van der Waals surface area contributed by atoms with Crippen molar-refractivity contribution in [2.75, 3.05) is 0 Å². The second-order valence-electron chi connectivity index (χ2n) is 12.5. The van der Waals surface area contributed by atoms with Crippen molar-refractivity contribution in [2.24, 2.45) is 0 Å². The van der Waals surface area contributed by atoms with Crippen molar-refractivity contribution in [3.63, 3.8) is 0 Å². The topological polar surface area (TPSA) is 40.5 Å². The van der Waals surface area contributed by atoms with Crippen molar-refractivity contribution in [1.29, 1.82) is 0 Å². The Kier molecular flexibility index (Phi) is 9.00. The Balaban J connectivity index is 0.000000562. The predicted octanol–water partition coefficient (Wildman–Crippen LogP) is 8.13. The van der Waals surface area contributed by atoms with Gasteiger partial charge in [0.25, 0.3) is 0 Å². The predicted molar refractivity (Wildman–Crippen MR) is 134 cm³/mol. The zero-order chi connectivity index (χ0) is 23.7. The molecule has 2 N–H and O–H groups in total. The standard InChI is InChI=1S/2C14H22O.FH/c2*1-13(2,3)10-7-8-12(15)11(9-10)14(4,5)6;/h2*7-9,15H,1-6H3;1H. The molecule has 0 aliphatic rings. The van der Waals surface area contributed by atoms with E-state index in [1.807, 2.05) is 12.1 Å². The van der Waals surface area contributed by atoms with Crippen molar-refractivity contribution < 1.29 is 14.9 Å². The van der Waals surface area contributed by atoms with Crippen LogP contribution in [0.5, 0.6) is 11.5 Å². The molecule has 2 aromatic rings. The van der Waals surface area contributed by atoms with Crippen LogP contribution in [0.1, 0.15) is 105 Å². The summed E-state index contributed by atoms with van der Waals surface area (Å²) in [6.07, 6.45) is 0. The molecule has 2 rings (SSSR count). The third kappa shape index (κ3) is 8.20. The van der Waals surface area contributed by atoms with Gasteiger partial charge >= 0.3 is 0 Å². The summed E-state index contributed by atoms with van der Waals surface area (Å²) < 4.78 is 0. The lowest BCUT2D eigenvalue weighted by molar-refractivity contribution is 0.444. The summed E-state index contributed by atoms with van der Waals surface area (Å²) in [4.78, 5) is 0. The first kappa shape index (κ1) is 29.0. The molecule has 0 saturated heterocycles. The molecule has 0 spiro atoms. The molecule has 0 unspecified atom stereocenters. The number of hydrogen-bond donors (Lipinski definition) is 2. The Morgan fingerprint density at radius 3 is 0.903 bits per heavy atom. The lowest BCUT2D eigenvalue weighted by Gasteiger charge is -2.25. The number of hydrogen-bond acceptors (Lipinski definition) is 2. The van der Waals surface area contributed by atoms with Crippen molar-refractivity contribution in [3.05, 3.63) is 58.7 Å². The van der Waals surface area contributed by atoms with Crippen LogP contribution in [0.3, 0.4) is 0 Å². The van der Waals surface area contributed by atoms with Crippen molar-refractivity contribution in [3.8, 4) is 11.5 Å². The molecular formula is C28H45FO2. The van der Waals surface area contributed by atoms with Crippen LogP contribution in [0.25, 0.3) is 0 Å². The lowest BCUT2D eigenvalue weighted by atomic mass is 9.80. The SMILES string of the molecule is CC(C)(C)c1ccc(O)c(C(C)(C)C)c1.CC(C)(C)c1ccc(O)c(C(C)(C)C)c1.F. The molecule has 3 heteroatoms. The molecule has 0 atom stereocenters. The van der Waals surface area contributed by atoms with E-state index in [1.165, 1.54) is 11.1 Å². The minimum Gasteiger partial charge on any atom is -0.508 e. The van der Waals surface area contributed by atoms with Gasteiger partial charge in [0, 0.05) is 0 Å². The molecule has 0 heterocycles. The fourth-order valence-electron chi connectivity index (χ4n) is 3.21. The normalized spacial score (nSPS) is 12.5. The van der Waals surface area contributed by atoms with Gasteiger partial charge in [-0.2, -0.15) is 0 Å². The highest BCUT2D eigenvalue weighted by molar-refractivity contribution is 5.43. The van der Waals surface area contributed by atoms with E-state index in [0.717, 1.165) is 11.1 Å². The summed E-state index contributed by atoms with van der Waals surface area (Å²) in [6, 6.07) is 11.9. The van der Waals surface area contributed by atoms with E-state index in [9.17, 15) is 10.2 Å². The van der Waals surface area contributed by atoms with Gasteiger partial charge in [0.2, 0.25) is 0 Å². The van der Waals surface area contributed by atoms with E-state index in [2.05, 4.69) is 95.2 Å². The highest BCUT2D eigenvalue weighted by atomic mass is 19.0. The van der Waals surface area contributed by atoms with Crippen LogP contribution in [0.15, 0.2) is 36.4 Å². The minimum atomic E-state index is -0.00859. The summed E-state index contributed by atoms with van der Waals surface area (Å²) >= 11 is 0. The van der Waals surface area contributed by atoms with E-state index >= 15 is 0 Å². The molecule has 0 saturated carbocycles. The van der Waals surface area contributed by atoms with Gasteiger partial charge in [-0.05, 0) is 56.0 Å². The molecule has 0 aromatic heterocycles. The molecule has 176 valence electrons. The van der Waals surface area contributed by atoms with E-state index in [4.69, 9.17) is 0 Å². The maximum absolute atomic E-state index is 9.84. The van der Waals surface area contributed by atoms with Gasteiger partial charge in [0.15, 0.2) is 0 Å². The van der Waals surface area contributed by atoms with Crippen LogP contribution in [-0.2, 0) is 21.7 Å². The number of phenols is 2. The number of phenolic OH excluding ortho intramolecular Hbond substituents is 2. The van der Waals surface area contributed by atoms with Crippen molar-refractivity contribution in [1.82, 2.24) is 0 Å². The molecule has 2 nitrogen and oxygen atoms in total. The average Bonchev–Trinajstić information content (AvgIpc) is 2.51. The quantitative estimate of drug-likeness (QED) is 0.441. The number of halogens is 1. The Morgan fingerprint density at radius 1 is 0.452 bits per heavy atom. The first-order valence-corrected chi connectivity index (χ1v) is 10.9. The molecule has 0 amide bonds. The van der Waals surface area contributed by atoms with Crippen LogP contribution in [0.2, 0.25) is 0 Å². The zero-order valence-electron chi connectivity index (χ0n) is 21.8. The summed E-state index contributed by atoms with van der Waals surface area (Å²) in [7, 11) is 0. The molecule has 0 bridgehead atoms. The third-order valence-electron chi connectivity index (χ3n) is 5.34. The van der Waals surface area contributed by atoms with Crippen molar-refractivity contribution >= 4 is 0 Å². The Bertz CT molecular complexity index is 781. The van der Waals surface area contributed by atoms with Crippen LogP contribution in [0.4, 0.5) is 4.70 Å². The third-order valence-corrected chi connectivity index (χ3v) is 5.34. The highest BCUT2D eigenvalue weighted by Crippen LogP contribution is 2.35. The highest BCUT2D eigenvalue weighted by Gasteiger charge is 2.23. The lowest BCUT2D eigenvalue weighted by Crippen LogP contribution is -2.16. The van der Waals surface area contributed by atoms with Gasteiger partial charge in [-0.1, -0.05) is 107 Å². The van der Waals surface area contributed by atoms with E-state index in [1.54, 1.807) is 12.1 Å². The Hall–Kier alpha value is -2.03.